The topological polar surface area (TPSA) is 43.1 Å². The van der Waals surface area contributed by atoms with Crippen molar-refractivity contribution in [2.24, 2.45) is 0 Å². The minimum absolute atomic E-state index is 0.0499. The molecule has 3 aromatic rings. The number of benzene rings is 2. The van der Waals surface area contributed by atoms with Crippen molar-refractivity contribution in [2.45, 2.75) is 6.92 Å². The van der Waals surface area contributed by atoms with Gasteiger partial charge in [-0.3, -0.25) is 4.79 Å². The smallest absolute Gasteiger partial charge is 0.226 e. The van der Waals surface area contributed by atoms with E-state index in [0.29, 0.717) is 11.5 Å². The van der Waals surface area contributed by atoms with Gasteiger partial charge in [0.1, 0.15) is 12.0 Å². The van der Waals surface area contributed by atoms with Crippen molar-refractivity contribution < 1.29 is 9.21 Å². The summed E-state index contributed by atoms with van der Waals surface area (Å²) >= 11 is 0. The quantitative estimate of drug-likeness (QED) is 0.665. The fourth-order valence-corrected chi connectivity index (χ4v) is 2.00. The maximum absolute atomic E-state index is 11.2. The molecule has 3 heteroatoms. The van der Waals surface area contributed by atoms with Crippen molar-refractivity contribution in [1.29, 1.82) is 0 Å². The van der Waals surface area contributed by atoms with Crippen LogP contribution in [0.4, 0.5) is 0 Å². The van der Waals surface area contributed by atoms with E-state index in [1.807, 2.05) is 42.5 Å². The highest BCUT2D eigenvalue weighted by molar-refractivity contribution is 5.94. The van der Waals surface area contributed by atoms with Gasteiger partial charge in [0, 0.05) is 16.7 Å². The highest BCUT2D eigenvalue weighted by Gasteiger charge is 2.08. The summed E-state index contributed by atoms with van der Waals surface area (Å²) < 4.78 is 5.51. The van der Waals surface area contributed by atoms with Gasteiger partial charge in [-0.25, -0.2) is 4.98 Å². The van der Waals surface area contributed by atoms with Crippen molar-refractivity contribution in [1.82, 2.24) is 4.98 Å². The Morgan fingerprint density at radius 3 is 2.30 bits per heavy atom. The van der Waals surface area contributed by atoms with Gasteiger partial charge < -0.3 is 4.42 Å². The van der Waals surface area contributed by atoms with Crippen LogP contribution in [0.25, 0.3) is 22.7 Å². The van der Waals surface area contributed by atoms with E-state index in [9.17, 15) is 4.79 Å². The summed E-state index contributed by atoms with van der Waals surface area (Å²) in [6.45, 7) is 1.55. The lowest BCUT2D eigenvalue weighted by Crippen LogP contribution is -1.90. The molecule has 0 aliphatic heterocycles. The number of Topliss-reactive ketones (excluding diaryl/α,β-unsaturated/α-hetero) is 1. The molecule has 0 bridgehead atoms. The monoisotopic (exact) mass is 263 g/mol. The first kappa shape index (κ1) is 12.4. The maximum atomic E-state index is 11.2. The summed E-state index contributed by atoms with van der Waals surface area (Å²) in [5.74, 6) is 0.605. The predicted molar refractivity (Wildman–Crippen MR) is 77.4 cm³/mol. The SMILES string of the molecule is CC(=O)c1ccc(-c2nc(-c3ccccc3)co2)cc1. The number of carbonyl (C=O) groups excluding carboxylic acids is 1. The van der Waals surface area contributed by atoms with Gasteiger partial charge in [-0.2, -0.15) is 0 Å². The van der Waals surface area contributed by atoms with E-state index in [1.54, 1.807) is 25.3 Å². The van der Waals surface area contributed by atoms with Crippen LogP contribution in [0.1, 0.15) is 17.3 Å². The number of oxazole rings is 1. The third kappa shape index (κ3) is 2.38. The summed E-state index contributed by atoms with van der Waals surface area (Å²) in [7, 11) is 0. The van der Waals surface area contributed by atoms with Crippen molar-refractivity contribution >= 4 is 5.78 Å². The van der Waals surface area contributed by atoms with Crippen molar-refractivity contribution in [3.8, 4) is 22.7 Å². The second-order valence-electron chi connectivity index (χ2n) is 4.54. The Bertz CT molecular complexity index is 727. The zero-order chi connectivity index (χ0) is 13.9. The third-order valence-electron chi connectivity index (χ3n) is 3.11. The van der Waals surface area contributed by atoms with Gasteiger partial charge in [-0.15, -0.1) is 0 Å². The van der Waals surface area contributed by atoms with Gasteiger partial charge >= 0.3 is 0 Å². The molecule has 3 rings (SSSR count). The molecule has 0 N–H and O–H groups in total. The number of hydrogen-bond donors (Lipinski definition) is 0. The Morgan fingerprint density at radius 2 is 1.65 bits per heavy atom. The van der Waals surface area contributed by atoms with Gasteiger partial charge in [-0.05, 0) is 19.1 Å². The highest BCUT2D eigenvalue weighted by Crippen LogP contribution is 2.24. The molecule has 3 nitrogen and oxygen atoms in total. The average molecular weight is 263 g/mol. The van der Waals surface area contributed by atoms with Gasteiger partial charge in [0.2, 0.25) is 5.89 Å². The number of rotatable bonds is 3. The van der Waals surface area contributed by atoms with Crippen LogP contribution >= 0.6 is 0 Å². The number of hydrogen-bond acceptors (Lipinski definition) is 3. The van der Waals surface area contributed by atoms with E-state index < -0.39 is 0 Å². The third-order valence-corrected chi connectivity index (χ3v) is 3.11. The fraction of sp³-hybridized carbons (Fsp3) is 0.0588. The number of aromatic nitrogens is 1. The molecule has 0 radical (unpaired) electrons. The van der Waals surface area contributed by atoms with Crippen molar-refractivity contribution in [2.75, 3.05) is 0 Å². The van der Waals surface area contributed by atoms with Crippen molar-refractivity contribution in [3.63, 3.8) is 0 Å². The zero-order valence-electron chi connectivity index (χ0n) is 11.0. The Hall–Kier alpha value is -2.68. The average Bonchev–Trinajstić information content (AvgIpc) is 2.98. The van der Waals surface area contributed by atoms with Gasteiger partial charge in [0.05, 0.1) is 0 Å². The van der Waals surface area contributed by atoms with E-state index in [4.69, 9.17) is 4.42 Å². The number of carbonyl (C=O) groups is 1. The minimum atomic E-state index is 0.0499. The first-order valence-corrected chi connectivity index (χ1v) is 6.36. The first-order valence-electron chi connectivity index (χ1n) is 6.36. The molecule has 1 heterocycles. The summed E-state index contributed by atoms with van der Waals surface area (Å²) in [4.78, 5) is 15.7. The van der Waals surface area contributed by atoms with Crippen LogP contribution in [0, 0.1) is 0 Å². The Kier molecular flexibility index (Phi) is 3.17. The highest BCUT2D eigenvalue weighted by atomic mass is 16.3. The maximum Gasteiger partial charge on any atom is 0.226 e. The van der Waals surface area contributed by atoms with E-state index in [-0.39, 0.29) is 5.78 Å². The summed E-state index contributed by atoms with van der Waals surface area (Å²) in [5, 5.41) is 0. The van der Waals surface area contributed by atoms with Crippen LogP contribution < -0.4 is 0 Å². The Balaban J connectivity index is 1.92. The molecule has 0 saturated heterocycles. The van der Waals surface area contributed by atoms with Crippen LogP contribution in [0.2, 0.25) is 0 Å². The molecule has 20 heavy (non-hydrogen) atoms. The van der Waals surface area contributed by atoms with E-state index in [1.165, 1.54) is 0 Å². The van der Waals surface area contributed by atoms with Crippen LogP contribution in [0.3, 0.4) is 0 Å². The van der Waals surface area contributed by atoms with Gasteiger partial charge in [-0.1, -0.05) is 42.5 Å². The summed E-state index contributed by atoms with van der Waals surface area (Å²) in [5.41, 5.74) is 3.36. The normalized spacial score (nSPS) is 10.4. The number of ketones is 1. The molecular formula is C17H13NO2. The van der Waals surface area contributed by atoms with Crippen LogP contribution in [-0.4, -0.2) is 10.8 Å². The molecule has 0 unspecified atom stereocenters. The molecule has 0 spiro atoms. The fourth-order valence-electron chi connectivity index (χ4n) is 2.00. The molecule has 2 aromatic carbocycles. The predicted octanol–water partition coefficient (Wildman–Crippen LogP) is 4.21. The number of nitrogens with zero attached hydrogens (tertiary/aromatic N) is 1. The molecule has 1 aromatic heterocycles. The lowest BCUT2D eigenvalue weighted by molar-refractivity contribution is 0.101. The molecule has 0 amide bonds. The molecule has 0 aliphatic rings. The van der Waals surface area contributed by atoms with Crippen LogP contribution in [0.15, 0.2) is 65.3 Å². The lowest BCUT2D eigenvalue weighted by Gasteiger charge is -1.97. The standard InChI is InChI=1S/C17H13NO2/c1-12(19)13-7-9-15(10-8-13)17-18-16(11-20-17)14-5-3-2-4-6-14/h2-11H,1H3. The molecule has 0 aliphatic carbocycles. The van der Waals surface area contributed by atoms with Gasteiger partial charge in [0.25, 0.3) is 0 Å². The van der Waals surface area contributed by atoms with Gasteiger partial charge in [0.15, 0.2) is 5.78 Å². The molecule has 0 saturated carbocycles. The molecule has 0 atom stereocenters. The summed E-state index contributed by atoms with van der Waals surface area (Å²) in [6.07, 6.45) is 1.64. The Labute approximate surface area is 116 Å². The zero-order valence-corrected chi connectivity index (χ0v) is 11.0. The molecule has 0 fully saturated rings. The van der Waals surface area contributed by atoms with Crippen LogP contribution in [-0.2, 0) is 0 Å². The first-order chi connectivity index (χ1) is 9.74. The summed E-state index contributed by atoms with van der Waals surface area (Å²) in [6, 6.07) is 17.1. The van der Waals surface area contributed by atoms with Crippen molar-refractivity contribution in [3.05, 3.63) is 66.4 Å². The lowest BCUT2D eigenvalue weighted by atomic mass is 10.1. The minimum Gasteiger partial charge on any atom is -0.444 e. The van der Waals surface area contributed by atoms with Crippen LogP contribution in [0.5, 0.6) is 0 Å². The largest absolute Gasteiger partial charge is 0.444 e. The molecule has 98 valence electrons. The van der Waals surface area contributed by atoms with E-state index >= 15 is 0 Å². The molecular weight excluding hydrogens is 250 g/mol. The Morgan fingerprint density at radius 1 is 0.950 bits per heavy atom. The van der Waals surface area contributed by atoms with E-state index in [2.05, 4.69) is 4.98 Å². The second-order valence-corrected chi connectivity index (χ2v) is 4.54. The second kappa shape index (κ2) is 5.13. The van der Waals surface area contributed by atoms with E-state index in [0.717, 1.165) is 16.8 Å².